The van der Waals surface area contributed by atoms with E-state index in [0.29, 0.717) is 33.2 Å². The molecule has 0 heterocycles. The van der Waals surface area contributed by atoms with E-state index in [1.807, 2.05) is 14.2 Å². The molecule has 0 atom stereocenters. The van der Waals surface area contributed by atoms with Gasteiger partial charge in [-0.05, 0) is 110 Å². The lowest BCUT2D eigenvalue weighted by molar-refractivity contribution is 0.417. The van der Waals surface area contributed by atoms with Gasteiger partial charge in [-0.1, -0.05) is 168 Å². The molecule has 0 aliphatic rings. The van der Waals surface area contributed by atoms with Gasteiger partial charge in [0, 0.05) is 32.7 Å². The predicted octanol–water partition coefficient (Wildman–Crippen LogP) is 16.9. The summed E-state index contributed by atoms with van der Waals surface area (Å²) in [5, 5.41) is 19.1. The highest BCUT2D eigenvalue weighted by Gasteiger charge is 2.43. The Kier molecular flexibility index (Phi) is 10.3. The zero-order chi connectivity index (χ0) is 44.2. The largest absolute Gasteiger partial charge is 0.496 e. The summed E-state index contributed by atoms with van der Waals surface area (Å²) in [6.45, 7) is 28.8. The van der Waals surface area contributed by atoms with Crippen molar-refractivity contribution in [2.75, 3.05) is 14.2 Å². The first-order valence-corrected chi connectivity index (χ1v) is 27.5. The first kappa shape index (κ1) is 42.1. The lowest BCUT2D eigenvalue weighted by Gasteiger charge is -2.38. The van der Waals surface area contributed by atoms with Crippen LogP contribution in [0.5, 0.6) is 11.5 Å². The molecule has 4 heteroatoms. The minimum absolute atomic E-state index is 0.539. The Morgan fingerprint density at radius 2 is 0.645 bits per heavy atom. The fourth-order valence-electron chi connectivity index (χ4n) is 12.8. The van der Waals surface area contributed by atoms with E-state index in [2.05, 4.69) is 191 Å². The number of fused-ring (bicyclic) bond motifs is 6. The lowest BCUT2D eigenvalue weighted by atomic mass is 9.81. The highest BCUT2D eigenvalue weighted by atomic mass is 28.3. The van der Waals surface area contributed by atoms with Crippen LogP contribution in [-0.2, 0) is 0 Å². The molecule has 0 aromatic heterocycles. The molecule has 0 amide bonds. The third-order valence-corrected chi connectivity index (χ3v) is 28.1. The maximum absolute atomic E-state index is 6.51. The molecule has 9 aromatic carbocycles. The highest BCUT2D eigenvalue weighted by molar-refractivity contribution is 6.91. The average Bonchev–Trinajstić information content (AvgIpc) is 3.24. The van der Waals surface area contributed by atoms with Gasteiger partial charge in [0.05, 0.1) is 14.2 Å². The van der Waals surface area contributed by atoms with E-state index in [0.717, 1.165) is 33.4 Å². The summed E-state index contributed by atoms with van der Waals surface area (Å²) < 4.78 is 13.0. The van der Waals surface area contributed by atoms with Gasteiger partial charge in [0.1, 0.15) is 27.6 Å². The van der Waals surface area contributed by atoms with Gasteiger partial charge in [-0.3, -0.25) is 0 Å². The van der Waals surface area contributed by atoms with E-state index in [4.69, 9.17) is 9.47 Å². The topological polar surface area (TPSA) is 18.5 Å². The minimum Gasteiger partial charge on any atom is -0.496 e. The van der Waals surface area contributed by atoms with Crippen molar-refractivity contribution in [2.24, 2.45) is 0 Å². The summed E-state index contributed by atoms with van der Waals surface area (Å²) in [5.74, 6) is 9.66. The molecular formula is C58H62O2Si2. The monoisotopic (exact) mass is 846 g/mol. The minimum atomic E-state index is -2.03. The van der Waals surface area contributed by atoms with E-state index < -0.39 is 16.1 Å². The number of rotatable bonds is 8. The smallest absolute Gasteiger partial charge is 0.146 e. The van der Waals surface area contributed by atoms with Crippen molar-refractivity contribution < 1.29 is 9.47 Å². The maximum atomic E-state index is 6.51. The number of methoxy groups -OCH3 is 2. The first-order valence-electron chi connectivity index (χ1n) is 23.0. The molecule has 0 unspecified atom stereocenters. The normalized spacial score (nSPS) is 13.0. The van der Waals surface area contributed by atoms with Gasteiger partial charge in [-0.25, -0.2) is 0 Å². The second-order valence-electron chi connectivity index (χ2n) is 20.0. The second-order valence-corrected chi connectivity index (χ2v) is 31.1. The summed E-state index contributed by atoms with van der Waals surface area (Å²) in [5.41, 5.74) is 13.7. The van der Waals surface area contributed by atoms with Crippen molar-refractivity contribution in [3.8, 4) is 34.4 Å². The van der Waals surface area contributed by atoms with E-state index in [9.17, 15) is 0 Å². The Bertz CT molecular complexity index is 3090. The van der Waals surface area contributed by atoms with Gasteiger partial charge in [0.15, 0.2) is 0 Å². The first-order chi connectivity index (χ1) is 29.6. The van der Waals surface area contributed by atoms with E-state index in [-0.39, 0.29) is 0 Å². The van der Waals surface area contributed by atoms with Crippen LogP contribution in [0.15, 0.2) is 84.9 Å². The number of benzene rings is 9. The van der Waals surface area contributed by atoms with Gasteiger partial charge in [0.2, 0.25) is 0 Å². The Morgan fingerprint density at radius 1 is 0.339 bits per heavy atom. The van der Waals surface area contributed by atoms with Crippen LogP contribution in [-0.4, -0.2) is 30.4 Å². The van der Waals surface area contributed by atoms with Gasteiger partial charge < -0.3 is 9.47 Å². The fraction of sp³-hybridized carbons (Fsp3) is 0.345. The molecule has 0 fully saturated rings. The van der Waals surface area contributed by atoms with Crippen LogP contribution in [0, 0.1) is 22.9 Å². The van der Waals surface area contributed by atoms with Gasteiger partial charge >= 0.3 is 0 Å². The van der Waals surface area contributed by atoms with Crippen LogP contribution < -0.4 is 9.47 Å². The summed E-state index contributed by atoms with van der Waals surface area (Å²) in [6.07, 6.45) is 0. The fourth-order valence-corrected chi connectivity index (χ4v) is 23.2. The molecule has 9 rings (SSSR count). The zero-order valence-corrected chi connectivity index (χ0v) is 41.4. The summed E-state index contributed by atoms with van der Waals surface area (Å²) in [7, 11) is -0.431. The van der Waals surface area contributed by atoms with Crippen molar-refractivity contribution in [1.29, 1.82) is 0 Å². The van der Waals surface area contributed by atoms with Crippen molar-refractivity contribution in [3.63, 3.8) is 0 Å². The van der Waals surface area contributed by atoms with E-state index in [1.54, 1.807) is 0 Å². The molecule has 0 N–H and O–H groups in total. The van der Waals surface area contributed by atoms with Gasteiger partial charge in [-0.2, -0.15) is 0 Å². The molecule has 62 heavy (non-hydrogen) atoms. The summed E-state index contributed by atoms with van der Waals surface area (Å²) >= 11 is 0. The predicted molar refractivity (Wildman–Crippen MR) is 278 cm³/mol. The Balaban J connectivity index is 1.49. The zero-order valence-electron chi connectivity index (χ0n) is 39.4. The quantitative estimate of drug-likeness (QED) is 0.0656. The molecule has 0 saturated heterocycles. The van der Waals surface area contributed by atoms with Crippen LogP contribution in [0.4, 0.5) is 0 Å². The molecule has 0 radical (unpaired) electrons. The molecular weight excluding hydrogens is 785 g/mol. The van der Waals surface area contributed by atoms with E-state index in [1.165, 1.54) is 75.4 Å². The number of ether oxygens (including phenoxy) is 2. The third kappa shape index (κ3) is 5.68. The lowest BCUT2D eigenvalue weighted by Crippen LogP contribution is -2.43. The molecule has 2 nitrogen and oxygen atoms in total. The molecule has 314 valence electrons. The van der Waals surface area contributed by atoms with Crippen molar-refractivity contribution in [3.05, 3.63) is 96.1 Å². The van der Waals surface area contributed by atoms with Crippen molar-refractivity contribution in [1.82, 2.24) is 0 Å². The van der Waals surface area contributed by atoms with E-state index >= 15 is 0 Å². The summed E-state index contributed by atoms with van der Waals surface area (Å²) in [6, 6.07) is 31.8. The molecule has 0 spiro atoms. The molecule has 0 aliphatic heterocycles. The molecule has 0 aliphatic carbocycles. The Hall–Kier alpha value is -5.27. The van der Waals surface area contributed by atoms with Crippen LogP contribution in [0.2, 0.25) is 33.2 Å². The van der Waals surface area contributed by atoms with Crippen molar-refractivity contribution in [2.45, 2.75) is 116 Å². The van der Waals surface area contributed by atoms with Gasteiger partial charge in [-0.15, -0.1) is 11.1 Å². The Labute approximate surface area is 371 Å². The SMILES string of the molecule is COc1cc2c3ccccc3c(C#C[Si](C(C)C)(C(C)C)C(C)C)c3ccc4c5ccc6c(C#C[Si](C(C)C)(C(C)C)C(C)C)c7ccccc7c7cc(OC)c(c1c4c32)c5c67. The van der Waals surface area contributed by atoms with Crippen LogP contribution in [0.3, 0.4) is 0 Å². The van der Waals surface area contributed by atoms with Crippen LogP contribution in [0.25, 0.3) is 86.2 Å². The second kappa shape index (κ2) is 15.2. The average molecular weight is 847 g/mol. The number of hydrogen-bond donors (Lipinski definition) is 0. The maximum Gasteiger partial charge on any atom is 0.146 e. The summed E-state index contributed by atoms with van der Waals surface area (Å²) in [4.78, 5) is 0. The third-order valence-electron chi connectivity index (χ3n) is 15.5. The molecule has 0 saturated carbocycles. The highest BCUT2D eigenvalue weighted by Crippen LogP contribution is 2.54. The molecule has 9 aromatic rings. The Morgan fingerprint density at radius 3 is 0.952 bits per heavy atom. The molecule has 0 bridgehead atoms. The van der Waals surface area contributed by atoms with Gasteiger partial charge in [0.25, 0.3) is 0 Å². The standard InChI is InChI=1S/C58H62O2Si2/c1-33(2)61(34(3)4,35(5)6)29-27-43-39-19-15-17-21-41(39)49-31-51(59-13)57-55-47(25-23-45(43)53(49)55)48-26-24-46-44(28-30-62(36(7)8,37(9)10)38(11)12)40-20-16-18-22-42(40)50-32-52(60-14)58(57)56(48)54(46)50/h15-26,31-38H,1-14H3. The van der Waals surface area contributed by atoms with Crippen molar-refractivity contribution >= 4 is 102 Å². The van der Waals surface area contributed by atoms with Crippen LogP contribution >= 0.6 is 0 Å². The van der Waals surface area contributed by atoms with Crippen LogP contribution in [0.1, 0.15) is 94.2 Å². The number of hydrogen-bond acceptors (Lipinski definition) is 2.